The fourth-order valence-corrected chi connectivity index (χ4v) is 3.16. The summed E-state index contributed by atoms with van der Waals surface area (Å²) in [6, 6.07) is 2.48. The molecule has 2 aromatic rings. The highest BCUT2D eigenvalue weighted by Crippen LogP contribution is 2.29. The minimum Gasteiger partial charge on any atom is -0.369 e. The first kappa shape index (κ1) is 14.3. The lowest BCUT2D eigenvalue weighted by molar-refractivity contribution is -0.133. The lowest BCUT2D eigenvalue weighted by atomic mass is 10.2. The first-order valence-electron chi connectivity index (χ1n) is 6.90. The molecular weight excluding hydrogens is 339 g/mol. The van der Waals surface area contributed by atoms with E-state index in [4.69, 9.17) is 5.73 Å². The topological polar surface area (TPSA) is 64.2 Å². The van der Waals surface area contributed by atoms with E-state index in [0.29, 0.717) is 15.5 Å². The maximum Gasteiger partial charge on any atom is 0.245 e. The Kier molecular flexibility index (Phi) is 3.61. The summed E-state index contributed by atoms with van der Waals surface area (Å²) in [6.07, 6.45) is 2.07. The zero-order valence-corrected chi connectivity index (χ0v) is 13.2. The van der Waals surface area contributed by atoms with Crippen LogP contribution < -0.4 is 5.73 Å². The number of halogens is 2. The number of nitrogens with zero attached hydrogens (tertiary/aromatic N) is 3. The highest BCUT2D eigenvalue weighted by Gasteiger charge is 2.27. The molecule has 1 aromatic carbocycles. The molecule has 0 saturated carbocycles. The highest BCUT2D eigenvalue weighted by atomic mass is 79.9. The second-order valence-corrected chi connectivity index (χ2v) is 6.16. The van der Waals surface area contributed by atoms with Crippen molar-refractivity contribution in [3.63, 3.8) is 0 Å². The van der Waals surface area contributed by atoms with E-state index in [0.717, 1.165) is 25.9 Å². The van der Waals surface area contributed by atoms with Gasteiger partial charge in [-0.2, -0.15) is 0 Å². The first-order valence-corrected chi connectivity index (χ1v) is 7.69. The number of aromatic nitrogens is 2. The number of carbonyl (C=O) groups is 1. The average molecular weight is 355 g/mol. The van der Waals surface area contributed by atoms with Crippen LogP contribution in [0.25, 0.3) is 11.0 Å². The van der Waals surface area contributed by atoms with Crippen LogP contribution in [0.4, 0.5) is 10.3 Å². The van der Waals surface area contributed by atoms with Gasteiger partial charge in [-0.25, -0.2) is 9.37 Å². The van der Waals surface area contributed by atoms with E-state index in [1.165, 1.54) is 6.07 Å². The van der Waals surface area contributed by atoms with Crippen LogP contribution in [-0.4, -0.2) is 33.4 Å². The van der Waals surface area contributed by atoms with Crippen molar-refractivity contribution in [2.24, 2.45) is 0 Å². The summed E-state index contributed by atoms with van der Waals surface area (Å²) in [5.74, 6) is -0.146. The maximum atomic E-state index is 13.6. The van der Waals surface area contributed by atoms with Gasteiger partial charge in [0.1, 0.15) is 11.9 Å². The average Bonchev–Trinajstić information content (AvgIpc) is 3.06. The number of nitrogens with two attached hydrogens (primary N) is 1. The molecule has 3 rings (SSSR count). The van der Waals surface area contributed by atoms with Gasteiger partial charge in [0, 0.05) is 19.2 Å². The Morgan fingerprint density at radius 2 is 2.10 bits per heavy atom. The minimum atomic E-state index is -0.453. The molecule has 2 heterocycles. The molecule has 0 bridgehead atoms. The number of anilines is 1. The zero-order valence-electron chi connectivity index (χ0n) is 11.6. The Morgan fingerprint density at radius 1 is 1.43 bits per heavy atom. The molecular formula is C14H16BrFN4O. The van der Waals surface area contributed by atoms with Crippen molar-refractivity contribution in [1.82, 2.24) is 14.5 Å². The molecule has 1 atom stereocenters. The molecule has 0 spiro atoms. The van der Waals surface area contributed by atoms with Crippen LogP contribution >= 0.6 is 15.9 Å². The summed E-state index contributed by atoms with van der Waals surface area (Å²) in [5.41, 5.74) is 7.04. The number of rotatable bonds is 2. The van der Waals surface area contributed by atoms with E-state index in [9.17, 15) is 9.18 Å². The van der Waals surface area contributed by atoms with Crippen molar-refractivity contribution in [1.29, 1.82) is 0 Å². The summed E-state index contributed by atoms with van der Waals surface area (Å²) < 4.78 is 15.6. The lowest BCUT2D eigenvalue weighted by Gasteiger charge is -2.22. The number of carbonyl (C=O) groups excluding carboxylic acids is 1. The molecule has 1 aromatic heterocycles. The monoisotopic (exact) mass is 354 g/mol. The molecule has 1 aliphatic rings. The van der Waals surface area contributed by atoms with Crippen molar-refractivity contribution in [2.45, 2.75) is 25.8 Å². The molecule has 21 heavy (non-hydrogen) atoms. The Labute approximate surface area is 130 Å². The van der Waals surface area contributed by atoms with E-state index < -0.39 is 11.9 Å². The van der Waals surface area contributed by atoms with Crippen LogP contribution in [0.5, 0.6) is 0 Å². The Bertz CT molecular complexity index is 709. The third kappa shape index (κ3) is 2.39. The van der Waals surface area contributed by atoms with Crippen molar-refractivity contribution >= 4 is 38.8 Å². The van der Waals surface area contributed by atoms with Gasteiger partial charge in [0.2, 0.25) is 11.9 Å². The molecule has 0 aliphatic carbocycles. The number of imidazole rings is 1. The lowest BCUT2D eigenvalue weighted by Crippen LogP contribution is -2.34. The molecule has 1 unspecified atom stereocenters. The summed E-state index contributed by atoms with van der Waals surface area (Å²) in [7, 11) is 0. The van der Waals surface area contributed by atoms with Crippen LogP contribution in [0.1, 0.15) is 25.8 Å². The molecule has 1 aliphatic heterocycles. The highest BCUT2D eigenvalue weighted by molar-refractivity contribution is 9.10. The van der Waals surface area contributed by atoms with Crippen molar-refractivity contribution < 1.29 is 9.18 Å². The fraction of sp³-hybridized carbons (Fsp3) is 0.429. The summed E-state index contributed by atoms with van der Waals surface area (Å²) in [4.78, 5) is 18.5. The molecule has 1 fully saturated rings. The minimum absolute atomic E-state index is 0.0268. The third-order valence-electron chi connectivity index (χ3n) is 3.92. The summed E-state index contributed by atoms with van der Waals surface area (Å²) in [5, 5.41) is 0. The molecule has 5 nitrogen and oxygen atoms in total. The van der Waals surface area contributed by atoms with Crippen LogP contribution in [0.15, 0.2) is 16.6 Å². The Morgan fingerprint density at radius 3 is 2.76 bits per heavy atom. The van der Waals surface area contributed by atoms with E-state index in [1.807, 2.05) is 4.90 Å². The van der Waals surface area contributed by atoms with Crippen LogP contribution in [-0.2, 0) is 4.79 Å². The molecule has 2 N–H and O–H groups in total. The van der Waals surface area contributed by atoms with Crippen molar-refractivity contribution in [2.75, 3.05) is 18.8 Å². The molecule has 7 heteroatoms. The van der Waals surface area contributed by atoms with Gasteiger partial charge in [0.05, 0.1) is 15.5 Å². The largest absolute Gasteiger partial charge is 0.369 e. The van der Waals surface area contributed by atoms with Gasteiger partial charge in [0.25, 0.3) is 0 Å². The number of nitrogen functional groups attached to an aromatic ring is 1. The van der Waals surface area contributed by atoms with Gasteiger partial charge in [0.15, 0.2) is 0 Å². The number of hydrogen-bond donors (Lipinski definition) is 1. The normalized spacial score (nSPS) is 16.6. The number of likely N-dealkylation sites (tertiary alicyclic amines) is 1. The van der Waals surface area contributed by atoms with Gasteiger partial charge in [-0.05, 0) is 41.8 Å². The van der Waals surface area contributed by atoms with Crippen molar-refractivity contribution in [3.05, 3.63) is 22.4 Å². The number of fused-ring (bicyclic) bond motifs is 1. The number of benzene rings is 1. The molecule has 0 radical (unpaired) electrons. The predicted molar refractivity (Wildman–Crippen MR) is 82.3 cm³/mol. The van der Waals surface area contributed by atoms with E-state index >= 15 is 0 Å². The van der Waals surface area contributed by atoms with E-state index in [2.05, 4.69) is 20.9 Å². The Balaban J connectivity index is 2.04. The van der Waals surface area contributed by atoms with Crippen LogP contribution in [0, 0.1) is 5.82 Å². The quantitative estimate of drug-likeness (QED) is 0.901. The van der Waals surface area contributed by atoms with Gasteiger partial charge in [-0.3, -0.25) is 9.36 Å². The van der Waals surface area contributed by atoms with Gasteiger partial charge >= 0.3 is 0 Å². The van der Waals surface area contributed by atoms with Crippen molar-refractivity contribution in [3.8, 4) is 0 Å². The second kappa shape index (κ2) is 5.29. The molecule has 1 saturated heterocycles. The van der Waals surface area contributed by atoms with E-state index in [-0.39, 0.29) is 11.9 Å². The van der Waals surface area contributed by atoms with E-state index in [1.54, 1.807) is 17.6 Å². The van der Waals surface area contributed by atoms with Crippen LogP contribution in [0.2, 0.25) is 0 Å². The maximum absolute atomic E-state index is 13.6. The number of hydrogen-bond acceptors (Lipinski definition) is 3. The third-order valence-corrected chi connectivity index (χ3v) is 4.53. The first-order chi connectivity index (χ1) is 9.99. The number of amides is 1. The second-order valence-electron chi connectivity index (χ2n) is 5.30. The fourth-order valence-electron chi connectivity index (χ4n) is 2.83. The van der Waals surface area contributed by atoms with Crippen LogP contribution in [0.3, 0.4) is 0 Å². The van der Waals surface area contributed by atoms with Gasteiger partial charge in [-0.15, -0.1) is 0 Å². The summed E-state index contributed by atoms with van der Waals surface area (Å²) >= 11 is 3.16. The molecule has 1 amide bonds. The van der Waals surface area contributed by atoms with Gasteiger partial charge < -0.3 is 10.6 Å². The predicted octanol–water partition coefficient (Wildman–Crippen LogP) is 2.70. The zero-order chi connectivity index (χ0) is 15.1. The standard InChI is InChI=1S/C14H16BrFN4O/c1-8(13(21)19-4-2-3-5-19)20-12-6-9(15)10(16)7-11(12)18-14(20)17/h6-8H,2-5H2,1H3,(H2,17,18). The smallest absolute Gasteiger partial charge is 0.245 e. The molecule has 112 valence electrons. The van der Waals surface area contributed by atoms with Gasteiger partial charge in [-0.1, -0.05) is 0 Å². The SMILES string of the molecule is CC(C(=O)N1CCCC1)n1c(N)nc2cc(F)c(Br)cc21. The summed E-state index contributed by atoms with van der Waals surface area (Å²) in [6.45, 7) is 3.37. The Hall–Kier alpha value is -1.63.